The fraction of sp³-hybridized carbons (Fsp3) is 0.476. The molecule has 26 heavy (non-hydrogen) atoms. The number of carbonyl (C=O) groups excluding carboxylic acids is 1. The predicted molar refractivity (Wildman–Crippen MR) is 103 cm³/mol. The van der Waals surface area contributed by atoms with Crippen LogP contribution in [0.15, 0.2) is 41.6 Å². The SMILES string of the molecule is O=NC(=O)c1ccc2cc(CN3CCC(CNC4CC4)CC3)ccc2c1. The zero-order valence-corrected chi connectivity index (χ0v) is 15.0. The average Bonchev–Trinajstić information content (AvgIpc) is 3.51. The molecule has 2 aromatic rings. The van der Waals surface area contributed by atoms with Gasteiger partial charge >= 0.3 is 5.91 Å². The first-order chi connectivity index (χ1) is 12.7. The van der Waals surface area contributed by atoms with Gasteiger partial charge in [-0.15, -0.1) is 4.91 Å². The lowest BCUT2D eigenvalue weighted by Gasteiger charge is -2.32. The molecule has 1 saturated heterocycles. The summed E-state index contributed by atoms with van der Waals surface area (Å²) in [6.45, 7) is 4.47. The minimum absolute atomic E-state index is 0.349. The normalized spacial score (nSPS) is 18.9. The lowest BCUT2D eigenvalue weighted by Crippen LogP contribution is -2.37. The minimum Gasteiger partial charge on any atom is -0.314 e. The van der Waals surface area contributed by atoms with Gasteiger partial charge in [-0.1, -0.05) is 18.2 Å². The number of benzene rings is 2. The van der Waals surface area contributed by atoms with Gasteiger partial charge in [0.1, 0.15) is 0 Å². The predicted octanol–water partition coefficient (Wildman–Crippen LogP) is 3.71. The van der Waals surface area contributed by atoms with Crippen LogP contribution in [0.5, 0.6) is 0 Å². The van der Waals surface area contributed by atoms with Crippen molar-refractivity contribution in [1.29, 1.82) is 0 Å². The molecule has 1 N–H and O–H groups in total. The van der Waals surface area contributed by atoms with Gasteiger partial charge in [-0.25, -0.2) is 0 Å². The highest BCUT2D eigenvalue weighted by molar-refractivity contribution is 5.99. The maximum atomic E-state index is 11.4. The molecule has 0 aromatic heterocycles. The number of nitroso groups, excluding NO2 is 1. The number of fused-ring (bicyclic) bond motifs is 1. The summed E-state index contributed by atoms with van der Waals surface area (Å²) in [5.41, 5.74) is 1.64. The lowest BCUT2D eigenvalue weighted by atomic mass is 9.96. The topological polar surface area (TPSA) is 61.8 Å². The lowest BCUT2D eigenvalue weighted by molar-refractivity contribution is 0.100. The van der Waals surface area contributed by atoms with Crippen molar-refractivity contribution in [2.24, 2.45) is 11.1 Å². The molecule has 0 unspecified atom stereocenters. The van der Waals surface area contributed by atoms with Crippen LogP contribution in [0.3, 0.4) is 0 Å². The number of hydrogen-bond acceptors (Lipinski definition) is 4. The molecule has 2 fully saturated rings. The number of amides is 1. The third-order valence-electron chi connectivity index (χ3n) is 5.62. The van der Waals surface area contributed by atoms with Gasteiger partial charge in [0.25, 0.3) is 0 Å². The Morgan fingerprint density at radius 1 is 1.04 bits per heavy atom. The molecule has 1 amide bonds. The van der Waals surface area contributed by atoms with Crippen molar-refractivity contribution in [3.63, 3.8) is 0 Å². The molecular formula is C21H25N3O2. The third-order valence-corrected chi connectivity index (χ3v) is 5.62. The molecule has 1 aliphatic carbocycles. The molecule has 5 heteroatoms. The van der Waals surface area contributed by atoms with Gasteiger partial charge < -0.3 is 5.32 Å². The van der Waals surface area contributed by atoms with Gasteiger partial charge in [-0.2, -0.15) is 0 Å². The Morgan fingerprint density at radius 3 is 2.50 bits per heavy atom. The number of carbonyl (C=O) groups is 1. The van der Waals surface area contributed by atoms with Crippen molar-refractivity contribution in [3.8, 4) is 0 Å². The van der Waals surface area contributed by atoms with Crippen molar-refractivity contribution in [2.75, 3.05) is 19.6 Å². The van der Waals surface area contributed by atoms with E-state index in [2.05, 4.69) is 27.5 Å². The van der Waals surface area contributed by atoms with Crippen LogP contribution in [-0.4, -0.2) is 36.5 Å². The van der Waals surface area contributed by atoms with E-state index in [0.717, 1.165) is 42.4 Å². The summed E-state index contributed by atoms with van der Waals surface area (Å²) < 4.78 is 0. The third kappa shape index (κ3) is 4.17. The van der Waals surface area contributed by atoms with Crippen LogP contribution in [0.25, 0.3) is 10.8 Å². The van der Waals surface area contributed by atoms with Crippen molar-refractivity contribution in [1.82, 2.24) is 10.2 Å². The van der Waals surface area contributed by atoms with Gasteiger partial charge in [-0.3, -0.25) is 9.69 Å². The Hall–Kier alpha value is -2.11. The standard InChI is InChI=1S/C21H25N3O2/c25-21(23-26)19-4-3-17-11-16(1-2-18(17)12-19)14-24-9-7-15(8-10-24)13-22-20-5-6-20/h1-4,11-12,15,20,22H,5-10,13-14H2. The second-order valence-electron chi connectivity index (χ2n) is 7.69. The van der Waals surface area contributed by atoms with E-state index in [1.807, 2.05) is 12.1 Å². The zero-order valence-electron chi connectivity index (χ0n) is 15.0. The number of nitrogens with zero attached hydrogens (tertiary/aromatic N) is 2. The molecule has 1 heterocycles. The molecule has 0 atom stereocenters. The second kappa shape index (κ2) is 7.64. The van der Waals surface area contributed by atoms with Gasteiger partial charge in [0.05, 0.1) is 0 Å². The summed E-state index contributed by atoms with van der Waals surface area (Å²) in [6.07, 6.45) is 5.28. The van der Waals surface area contributed by atoms with Crippen LogP contribution < -0.4 is 5.32 Å². The average molecular weight is 351 g/mol. The van der Waals surface area contributed by atoms with E-state index in [-0.39, 0.29) is 0 Å². The van der Waals surface area contributed by atoms with Crippen molar-refractivity contribution >= 4 is 16.7 Å². The summed E-state index contributed by atoms with van der Waals surface area (Å²) in [5, 5.41) is 8.21. The molecule has 0 spiro atoms. The van der Waals surface area contributed by atoms with Crippen molar-refractivity contribution < 1.29 is 4.79 Å². The Morgan fingerprint density at radius 2 is 1.77 bits per heavy atom. The van der Waals surface area contributed by atoms with E-state index in [0.29, 0.717) is 5.56 Å². The molecule has 0 radical (unpaired) electrons. The molecule has 1 saturated carbocycles. The van der Waals surface area contributed by atoms with Crippen LogP contribution >= 0.6 is 0 Å². The number of nitrogens with one attached hydrogen (secondary N) is 1. The van der Waals surface area contributed by atoms with Crippen molar-refractivity contribution in [3.05, 3.63) is 52.4 Å². The summed E-state index contributed by atoms with van der Waals surface area (Å²) >= 11 is 0. The maximum absolute atomic E-state index is 11.4. The fourth-order valence-corrected chi connectivity index (χ4v) is 3.81. The largest absolute Gasteiger partial charge is 0.316 e. The van der Waals surface area contributed by atoms with E-state index in [1.54, 1.807) is 12.1 Å². The molecular weight excluding hydrogens is 326 g/mol. The molecule has 4 rings (SSSR count). The highest BCUT2D eigenvalue weighted by atomic mass is 16.3. The first-order valence-electron chi connectivity index (χ1n) is 9.57. The van der Waals surface area contributed by atoms with E-state index >= 15 is 0 Å². The first kappa shape index (κ1) is 17.3. The molecule has 0 bridgehead atoms. The van der Waals surface area contributed by atoms with E-state index < -0.39 is 5.91 Å². The number of rotatable bonds is 6. The Kier molecular flexibility index (Phi) is 5.09. The summed E-state index contributed by atoms with van der Waals surface area (Å²) in [7, 11) is 0. The van der Waals surface area contributed by atoms with Crippen LogP contribution in [-0.2, 0) is 6.54 Å². The first-order valence-corrected chi connectivity index (χ1v) is 9.57. The summed E-state index contributed by atoms with van der Waals surface area (Å²) in [4.78, 5) is 24.3. The van der Waals surface area contributed by atoms with Crippen LogP contribution in [0.2, 0.25) is 0 Å². The van der Waals surface area contributed by atoms with Gasteiger partial charge in [0.15, 0.2) is 0 Å². The van der Waals surface area contributed by atoms with Crippen LogP contribution in [0.4, 0.5) is 0 Å². The van der Waals surface area contributed by atoms with Crippen LogP contribution in [0.1, 0.15) is 41.6 Å². The summed E-state index contributed by atoms with van der Waals surface area (Å²) in [6, 6.07) is 12.4. The Balaban J connectivity index is 1.35. The maximum Gasteiger partial charge on any atom is 0.316 e. The van der Waals surface area contributed by atoms with Crippen molar-refractivity contribution in [2.45, 2.75) is 38.3 Å². The fourth-order valence-electron chi connectivity index (χ4n) is 3.81. The quantitative estimate of drug-likeness (QED) is 0.806. The molecule has 1 aliphatic heterocycles. The second-order valence-corrected chi connectivity index (χ2v) is 7.69. The van der Waals surface area contributed by atoms with E-state index in [9.17, 15) is 9.70 Å². The molecule has 136 valence electrons. The van der Waals surface area contributed by atoms with E-state index in [4.69, 9.17) is 0 Å². The highest BCUT2D eigenvalue weighted by Gasteiger charge is 2.24. The number of piperidine rings is 1. The summed E-state index contributed by atoms with van der Waals surface area (Å²) in [5.74, 6) is 0.112. The molecule has 2 aromatic carbocycles. The minimum atomic E-state index is -0.713. The number of hydrogen-bond donors (Lipinski definition) is 1. The zero-order chi connectivity index (χ0) is 17.9. The molecule has 2 aliphatic rings. The van der Waals surface area contributed by atoms with Gasteiger partial charge in [0.2, 0.25) is 0 Å². The smallest absolute Gasteiger partial charge is 0.314 e. The monoisotopic (exact) mass is 351 g/mol. The van der Waals surface area contributed by atoms with Crippen LogP contribution in [0, 0.1) is 10.8 Å². The Bertz CT molecular complexity index is 808. The number of likely N-dealkylation sites (tertiary alicyclic amines) is 1. The highest BCUT2D eigenvalue weighted by Crippen LogP contribution is 2.24. The molecule has 5 nitrogen and oxygen atoms in total. The van der Waals surface area contributed by atoms with Gasteiger partial charge in [0, 0.05) is 23.3 Å². The van der Waals surface area contributed by atoms with Gasteiger partial charge in [-0.05, 0) is 85.8 Å². The Labute approximate surface area is 153 Å². The van der Waals surface area contributed by atoms with E-state index in [1.165, 1.54) is 37.8 Å².